The van der Waals surface area contributed by atoms with E-state index < -0.39 is 11.1 Å². The molecule has 1 saturated carbocycles. The zero-order valence-corrected chi connectivity index (χ0v) is 4.74. The van der Waals surface area contributed by atoms with Gasteiger partial charge < -0.3 is 4.55 Å². The van der Waals surface area contributed by atoms with Crippen molar-refractivity contribution < 1.29 is 8.76 Å². The molecule has 42 valence electrons. The van der Waals surface area contributed by atoms with Gasteiger partial charge in [-0.05, 0) is 18.8 Å². The summed E-state index contributed by atoms with van der Waals surface area (Å²) in [6.45, 7) is 0. The largest absolute Gasteiger partial charge is 0.772 e. The zero-order chi connectivity index (χ0) is 5.28. The van der Waals surface area contributed by atoms with Crippen LogP contribution in [0.3, 0.4) is 0 Å². The molecule has 2 nitrogen and oxygen atoms in total. The molecule has 0 aliphatic heterocycles. The summed E-state index contributed by atoms with van der Waals surface area (Å²) in [5.74, 6) is 0.901. The Morgan fingerprint density at radius 3 is 2.43 bits per heavy atom. The van der Waals surface area contributed by atoms with E-state index in [4.69, 9.17) is 0 Å². The van der Waals surface area contributed by atoms with Crippen LogP contribution < -0.4 is 0 Å². The molecule has 1 aliphatic rings. The second-order valence-corrected chi connectivity index (χ2v) is 2.85. The van der Waals surface area contributed by atoms with Crippen molar-refractivity contribution in [2.45, 2.75) is 12.8 Å². The van der Waals surface area contributed by atoms with E-state index in [1.54, 1.807) is 0 Å². The Hall–Kier alpha value is 0.110. The summed E-state index contributed by atoms with van der Waals surface area (Å²) in [5.41, 5.74) is 0. The molecule has 3 heteroatoms. The van der Waals surface area contributed by atoms with E-state index in [1.165, 1.54) is 0 Å². The number of hydrogen-bond acceptors (Lipinski definition) is 2. The molecule has 0 spiro atoms. The molecule has 1 fully saturated rings. The van der Waals surface area contributed by atoms with Gasteiger partial charge in [-0.25, -0.2) is 0 Å². The first-order chi connectivity index (χ1) is 3.29. The Bertz CT molecular complexity index is 87.7. The van der Waals surface area contributed by atoms with Crippen LogP contribution >= 0.6 is 0 Å². The van der Waals surface area contributed by atoms with Crippen LogP contribution in [-0.4, -0.2) is 14.5 Å². The molecule has 7 heavy (non-hydrogen) atoms. The van der Waals surface area contributed by atoms with Crippen LogP contribution in [0, 0.1) is 5.92 Å². The van der Waals surface area contributed by atoms with Crippen LogP contribution in [0.1, 0.15) is 12.8 Å². The van der Waals surface area contributed by atoms with Crippen LogP contribution in [0.25, 0.3) is 0 Å². The molecule has 1 rings (SSSR count). The Kier molecular flexibility index (Phi) is 1.44. The lowest BCUT2D eigenvalue weighted by molar-refractivity contribution is 0.534. The molecule has 1 aliphatic carbocycles. The molecular formula is C4H7O2S-. The van der Waals surface area contributed by atoms with Crippen molar-refractivity contribution in [3.05, 3.63) is 0 Å². The Labute approximate surface area is 45.2 Å². The van der Waals surface area contributed by atoms with Crippen molar-refractivity contribution in [1.29, 1.82) is 0 Å². The average molecular weight is 119 g/mol. The summed E-state index contributed by atoms with van der Waals surface area (Å²) < 4.78 is 19.7. The quantitative estimate of drug-likeness (QED) is 0.490. The predicted octanol–water partition coefficient (Wildman–Crippen LogP) is 0.276. The maximum Gasteiger partial charge on any atom is 0.0130 e. The number of hydrogen-bond donors (Lipinski definition) is 0. The van der Waals surface area contributed by atoms with Crippen molar-refractivity contribution in [1.82, 2.24) is 0 Å². The van der Waals surface area contributed by atoms with E-state index in [1.807, 2.05) is 0 Å². The monoisotopic (exact) mass is 119 g/mol. The van der Waals surface area contributed by atoms with Gasteiger partial charge in [-0.15, -0.1) is 0 Å². The first-order valence-corrected chi connectivity index (χ1v) is 3.59. The van der Waals surface area contributed by atoms with Gasteiger partial charge in [0.1, 0.15) is 0 Å². The van der Waals surface area contributed by atoms with Crippen LogP contribution in [0.2, 0.25) is 0 Å². The van der Waals surface area contributed by atoms with Crippen molar-refractivity contribution >= 4 is 11.1 Å². The fourth-order valence-corrected chi connectivity index (χ4v) is 1.20. The molecular weight excluding hydrogens is 112 g/mol. The normalized spacial score (nSPS) is 24.7. The fraction of sp³-hybridized carbons (Fsp3) is 1.00. The van der Waals surface area contributed by atoms with Crippen LogP contribution in [-0.2, 0) is 11.1 Å². The van der Waals surface area contributed by atoms with Crippen molar-refractivity contribution in [2.24, 2.45) is 5.92 Å². The molecule has 0 amide bonds. The third-order valence-electron chi connectivity index (χ3n) is 1.07. The lowest BCUT2D eigenvalue weighted by Crippen LogP contribution is -1.95. The summed E-state index contributed by atoms with van der Waals surface area (Å²) >= 11 is -1.78. The van der Waals surface area contributed by atoms with E-state index in [0.717, 1.165) is 12.8 Å². The van der Waals surface area contributed by atoms with Crippen molar-refractivity contribution in [3.8, 4) is 0 Å². The summed E-state index contributed by atoms with van der Waals surface area (Å²) in [5, 5.41) is 0. The van der Waals surface area contributed by atoms with Crippen molar-refractivity contribution in [3.63, 3.8) is 0 Å². The summed E-state index contributed by atoms with van der Waals surface area (Å²) in [7, 11) is 0. The van der Waals surface area contributed by atoms with Crippen LogP contribution in [0.5, 0.6) is 0 Å². The van der Waals surface area contributed by atoms with Gasteiger partial charge in [-0.1, -0.05) is 11.1 Å². The average Bonchev–Trinajstić information content (AvgIpc) is 2.17. The topological polar surface area (TPSA) is 40.1 Å². The predicted molar refractivity (Wildman–Crippen MR) is 26.5 cm³/mol. The molecule has 0 aromatic carbocycles. The highest BCUT2D eigenvalue weighted by Crippen LogP contribution is 2.28. The van der Waals surface area contributed by atoms with E-state index in [-0.39, 0.29) is 0 Å². The second-order valence-electron chi connectivity index (χ2n) is 1.91. The summed E-state index contributed by atoms with van der Waals surface area (Å²) in [4.78, 5) is 0. The van der Waals surface area contributed by atoms with Gasteiger partial charge in [-0.3, -0.25) is 4.21 Å². The molecule has 0 N–H and O–H groups in total. The van der Waals surface area contributed by atoms with Gasteiger partial charge >= 0.3 is 0 Å². The minimum atomic E-state index is -1.78. The molecule has 1 atom stereocenters. The highest BCUT2D eigenvalue weighted by Gasteiger charge is 2.20. The van der Waals surface area contributed by atoms with Gasteiger partial charge in [0, 0.05) is 5.75 Å². The van der Waals surface area contributed by atoms with Crippen LogP contribution in [0.4, 0.5) is 0 Å². The zero-order valence-electron chi connectivity index (χ0n) is 3.92. The van der Waals surface area contributed by atoms with Gasteiger partial charge in [0.05, 0.1) is 0 Å². The molecule has 0 aromatic rings. The van der Waals surface area contributed by atoms with E-state index in [9.17, 15) is 8.76 Å². The first-order valence-electron chi connectivity index (χ1n) is 2.35. The summed E-state index contributed by atoms with van der Waals surface area (Å²) in [6.07, 6.45) is 2.24. The van der Waals surface area contributed by atoms with Gasteiger partial charge in [0.25, 0.3) is 0 Å². The Balaban J connectivity index is 2.08. The minimum Gasteiger partial charge on any atom is -0.772 e. The lowest BCUT2D eigenvalue weighted by atomic mass is 10.5. The highest BCUT2D eigenvalue weighted by atomic mass is 32.2. The molecule has 0 aromatic heterocycles. The third-order valence-corrected chi connectivity index (χ3v) is 1.81. The standard InChI is InChI=1S/C4H8O2S/c5-7(6)3-4-1-2-4/h4H,1-3H2,(H,5,6)/p-1. The maximum absolute atomic E-state index is 9.85. The third kappa shape index (κ3) is 2.04. The van der Waals surface area contributed by atoms with Gasteiger partial charge in [0.2, 0.25) is 0 Å². The van der Waals surface area contributed by atoms with E-state index in [2.05, 4.69) is 0 Å². The molecule has 1 unspecified atom stereocenters. The van der Waals surface area contributed by atoms with Crippen molar-refractivity contribution in [2.75, 3.05) is 5.75 Å². The fourth-order valence-electron chi connectivity index (χ4n) is 0.477. The van der Waals surface area contributed by atoms with E-state index >= 15 is 0 Å². The second kappa shape index (κ2) is 1.92. The lowest BCUT2D eigenvalue weighted by Gasteiger charge is -1.99. The summed E-state index contributed by atoms with van der Waals surface area (Å²) in [6, 6.07) is 0. The SMILES string of the molecule is O=S([O-])CC1CC1. The molecule has 0 bridgehead atoms. The smallest absolute Gasteiger partial charge is 0.0130 e. The maximum atomic E-state index is 9.85. The van der Waals surface area contributed by atoms with Crippen LogP contribution in [0.15, 0.2) is 0 Å². The minimum absolute atomic E-state index is 0.389. The Morgan fingerprint density at radius 1 is 1.71 bits per heavy atom. The van der Waals surface area contributed by atoms with Gasteiger partial charge in [-0.2, -0.15) is 0 Å². The molecule has 0 saturated heterocycles. The van der Waals surface area contributed by atoms with E-state index in [0.29, 0.717) is 11.7 Å². The molecule has 0 radical (unpaired) electrons. The number of rotatable bonds is 2. The van der Waals surface area contributed by atoms with Gasteiger partial charge in [0.15, 0.2) is 0 Å². The highest BCUT2D eigenvalue weighted by molar-refractivity contribution is 7.79. The molecule has 0 heterocycles. The Morgan fingerprint density at radius 2 is 2.29 bits per heavy atom. The first kappa shape index (κ1) is 5.25.